The van der Waals surface area contributed by atoms with Gasteiger partial charge in [-0.2, -0.15) is 0 Å². The van der Waals surface area contributed by atoms with Crippen molar-refractivity contribution in [3.05, 3.63) is 17.5 Å². The molecule has 0 unspecified atom stereocenters. The molecule has 2 atom stereocenters. The van der Waals surface area contributed by atoms with Gasteiger partial charge in [-0.1, -0.05) is 37.3 Å². The number of carbonyl (C=O) groups is 1. The molecule has 3 saturated carbocycles. The van der Waals surface area contributed by atoms with Crippen LogP contribution in [0.3, 0.4) is 0 Å². The predicted molar refractivity (Wildman–Crippen MR) is 79.0 cm³/mol. The number of nitrogens with one attached hydrogen (secondary N) is 1. The summed E-state index contributed by atoms with van der Waals surface area (Å²) in [6, 6.07) is 1.82. The fourth-order valence-corrected chi connectivity index (χ4v) is 3.92. The molecule has 1 N–H and O–H groups in total. The first-order chi connectivity index (χ1) is 10.3. The summed E-state index contributed by atoms with van der Waals surface area (Å²) >= 11 is 0. The van der Waals surface area contributed by atoms with Gasteiger partial charge in [0.05, 0.1) is 0 Å². The molecule has 21 heavy (non-hydrogen) atoms. The van der Waals surface area contributed by atoms with Gasteiger partial charge in [-0.05, 0) is 37.0 Å². The van der Waals surface area contributed by atoms with Crippen molar-refractivity contribution in [3.8, 4) is 0 Å². The van der Waals surface area contributed by atoms with Crippen LogP contribution in [0.25, 0.3) is 0 Å². The molecule has 114 valence electrons. The number of aromatic nitrogens is 1. The summed E-state index contributed by atoms with van der Waals surface area (Å²) < 4.78 is 5.24. The standard InChI is InChI=1S/C17H24N2O2/c20-17(15-9-16(21-19-15)12-6-7-12)18-10-13-8-14(13)11-4-2-1-3-5-11/h9,11-14H,1-8,10H2,(H,18,20)/t13-,14-/m1/s1. The maximum absolute atomic E-state index is 12.1. The minimum Gasteiger partial charge on any atom is -0.360 e. The second-order valence-electron chi connectivity index (χ2n) is 7.16. The Morgan fingerprint density at radius 1 is 1.24 bits per heavy atom. The van der Waals surface area contributed by atoms with E-state index >= 15 is 0 Å². The maximum Gasteiger partial charge on any atom is 0.273 e. The topological polar surface area (TPSA) is 55.1 Å². The minimum absolute atomic E-state index is 0.0695. The van der Waals surface area contributed by atoms with Gasteiger partial charge < -0.3 is 9.84 Å². The average molecular weight is 288 g/mol. The molecule has 0 bridgehead atoms. The van der Waals surface area contributed by atoms with Crippen LogP contribution in [0.2, 0.25) is 0 Å². The fourth-order valence-electron chi connectivity index (χ4n) is 3.92. The van der Waals surface area contributed by atoms with E-state index < -0.39 is 0 Å². The highest BCUT2D eigenvalue weighted by Gasteiger charge is 2.42. The molecule has 4 nitrogen and oxygen atoms in total. The SMILES string of the molecule is O=C(NC[C@H]1C[C@@H]1C1CCCCC1)c1cc(C2CC2)on1. The number of hydrogen-bond acceptors (Lipinski definition) is 3. The van der Waals surface area contributed by atoms with Gasteiger partial charge in [0.1, 0.15) is 5.76 Å². The Morgan fingerprint density at radius 3 is 2.81 bits per heavy atom. The van der Waals surface area contributed by atoms with Crippen LogP contribution in [0.5, 0.6) is 0 Å². The quantitative estimate of drug-likeness (QED) is 0.902. The normalized spacial score (nSPS) is 29.3. The van der Waals surface area contributed by atoms with E-state index in [4.69, 9.17) is 4.52 Å². The Labute approximate surface area is 125 Å². The lowest BCUT2D eigenvalue weighted by atomic mass is 9.85. The van der Waals surface area contributed by atoms with E-state index in [1.165, 1.54) is 51.4 Å². The third-order valence-corrected chi connectivity index (χ3v) is 5.50. The summed E-state index contributed by atoms with van der Waals surface area (Å²) in [5, 5.41) is 6.94. The number of amides is 1. The Bertz CT molecular complexity index is 515. The van der Waals surface area contributed by atoms with Crippen LogP contribution in [-0.2, 0) is 0 Å². The van der Waals surface area contributed by atoms with E-state index in [-0.39, 0.29) is 5.91 Å². The van der Waals surface area contributed by atoms with Crippen LogP contribution in [0.15, 0.2) is 10.6 Å². The fraction of sp³-hybridized carbons (Fsp3) is 0.765. The van der Waals surface area contributed by atoms with E-state index in [1.807, 2.05) is 6.07 Å². The average Bonchev–Trinajstić information content (AvgIpc) is 3.44. The molecule has 1 aromatic heterocycles. The van der Waals surface area contributed by atoms with Gasteiger partial charge in [-0.25, -0.2) is 0 Å². The molecule has 0 aromatic carbocycles. The Balaban J connectivity index is 1.24. The predicted octanol–water partition coefficient (Wildman–Crippen LogP) is 3.50. The van der Waals surface area contributed by atoms with Gasteiger partial charge >= 0.3 is 0 Å². The lowest BCUT2D eigenvalue weighted by Crippen LogP contribution is -2.26. The number of carbonyl (C=O) groups excluding carboxylic acids is 1. The molecule has 0 aliphatic heterocycles. The summed E-state index contributed by atoms with van der Waals surface area (Å²) in [5.74, 6) is 3.82. The Hall–Kier alpha value is -1.32. The number of hydrogen-bond donors (Lipinski definition) is 1. The maximum atomic E-state index is 12.1. The first-order valence-corrected chi connectivity index (χ1v) is 8.56. The van der Waals surface area contributed by atoms with Crippen LogP contribution in [-0.4, -0.2) is 17.6 Å². The summed E-state index contributed by atoms with van der Waals surface area (Å²) in [7, 11) is 0. The van der Waals surface area contributed by atoms with E-state index in [0.29, 0.717) is 17.5 Å². The minimum atomic E-state index is -0.0695. The summed E-state index contributed by atoms with van der Waals surface area (Å²) in [4.78, 5) is 12.1. The first kappa shape index (κ1) is 13.4. The van der Waals surface area contributed by atoms with E-state index in [9.17, 15) is 4.79 Å². The lowest BCUT2D eigenvalue weighted by Gasteiger charge is -2.21. The van der Waals surface area contributed by atoms with Gasteiger partial charge in [-0.15, -0.1) is 0 Å². The first-order valence-electron chi connectivity index (χ1n) is 8.56. The van der Waals surface area contributed by atoms with Gasteiger partial charge in [-0.3, -0.25) is 4.79 Å². The highest BCUT2D eigenvalue weighted by Crippen LogP contribution is 2.49. The highest BCUT2D eigenvalue weighted by molar-refractivity contribution is 5.92. The Morgan fingerprint density at radius 2 is 2.05 bits per heavy atom. The zero-order chi connectivity index (χ0) is 14.2. The third kappa shape index (κ3) is 2.99. The van der Waals surface area contributed by atoms with Crippen molar-refractivity contribution in [2.24, 2.45) is 17.8 Å². The number of rotatable bonds is 5. The van der Waals surface area contributed by atoms with Crippen molar-refractivity contribution in [1.29, 1.82) is 0 Å². The summed E-state index contributed by atoms with van der Waals surface area (Å²) in [6.07, 6.45) is 10.7. The molecule has 4 rings (SSSR count). The van der Waals surface area contributed by atoms with Crippen molar-refractivity contribution < 1.29 is 9.32 Å². The van der Waals surface area contributed by atoms with Gasteiger partial charge in [0, 0.05) is 18.5 Å². The zero-order valence-corrected chi connectivity index (χ0v) is 12.5. The van der Waals surface area contributed by atoms with Crippen LogP contribution < -0.4 is 5.32 Å². The third-order valence-electron chi connectivity index (χ3n) is 5.50. The molecule has 1 amide bonds. The van der Waals surface area contributed by atoms with Crippen LogP contribution >= 0.6 is 0 Å². The van der Waals surface area contributed by atoms with Crippen molar-refractivity contribution >= 4 is 5.91 Å². The molecular formula is C17H24N2O2. The van der Waals surface area contributed by atoms with Gasteiger partial charge in [0.25, 0.3) is 5.91 Å². The monoisotopic (exact) mass is 288 g/mol. The van der Waals surface area contributed by atoms with Gasteiger partial charge in [0.2, 0.25) is 0 Å². The van der Waals surface area contributed by atoms with Crippen LogP contribution in [0.4, 0.5) is 0 Å². The molecule has 1 heterocycles. The van der Waals surface area contributed by atoms with Crippen molar-refractivity contribution in [2.45, 2.75) is 57.3 Å². The molecule has 3 fully saturated rings. The molecule has 0 radical (unpaired) electrons. The second kappa shape index (κ2) is 5.47. The van der Waals surface area contributed by atoms with Crippen molar-refractivity contribution in [3.63, 3.8) is 0 Å². The molecule has 1 aromatic rings. The van der Waals surface area contributed by atoms with Crippen LogP contribution in [0, 0.1) is 17.8 Å². The summed E-state index contributed by atoms with van der Waals surface area (Å²) in [6.45, 7) is 0.811. The van der Waals surface area contributed by atoms with Gasteiger partial charge in [0.15, 0.2) is 5.69 Å². The second-order valence-corrected chi connectivity index (χ2v) is 7.16. The molecule has 0 spiro atoms. The highest BCUT2D eigenvalue weighted by atomic mass is 16.5. The van der Waals surface area contributed by atoms with Crippen molar-refractivity contribution in [2.75, 3.05) is 6.54 Å². The van der Waals surface area contributed by atoms with E-state index in [1.54, 1.807) is 0 Å². The molecule has 3 aliphatic rings. The number of nitrogens with zero attached hydrogens (tertiary/aromatic N) is 1. The Kier molecular flexibility index (Phi) is 3.48. The molecule has 3 aliphatic carbocycles. The van der Waals surface area contributed by atoms with E-state index in [2.05, 4.69) is 10.5 Å². The smallest absolute Gasteiger partial charge is 0.273 e. The largest absolute Gasteiger partial charge is 0.360 e. The summed E-state index contributed by atoms with van der Waals surface area (Å²) in [5.41, 5.74) is 0.451. The van der Waals surface area contributed by atoms with Crippen LogP contribution in [0.1, 0.15) is 73.5 Å². The van der Waals surface area contributed by atoms with E-state index in [0.717, 1.165) is 24.1 Å². The molecular weight excluding hydrogens is 264 g/mol. The molecule has 4 heteroatoms. The zero-order valence-electron chi connectivity index (χ0n) is 12.5. The lowest BCUT2D eigenvalue weighted by molar-refractivity contribution is 0.0941. The van der Waals surface area contributed by atoms with Crippen molar-refractivity contribution in [1.82, 2.24) is 10.5 Å². The molecule has 0 saturated heterocycles.